The van der Waals surface area contributed by atoms with Gasteiger partial charge in [0.2, 0.25) is 0 Å². The maximum atomic E-state index is 14.5. The molecule has 0 unspecified atom stereocenters. The Morgan fingerprint density at radius 2 is 1.94 bits per heavy atom. The highest BCUT2D eigenvalue weighted by Gasteiger charge is 2.27. The highest BCUT2D eigenvalue weighted by atomic mass is 19.1. The van der Waals surface area contributed by atoms with E-state index in [0.717, 1.165) is 18.7 Å². The van der Waals surface area contributed by atoms with Gasteiger partial charge in [0.05, 0.1) is 23.6 Å². The van der Waals surface area contributed by atoms with E-state index in [0.29, 0.717) is 62.4 Å². The van der Waals surface area contributed by atoms with Gasteiger partial charge in [-0.2, -0.15) is 5.10 Å². The van der Waals surface area contributed by atoms with Crippen LogP contribution in [0.4, 0.5) is 14.9 Å². The van der Waals surface area contributed by atoms with Crippen LogP contribution in [0.3, 0.4) is 0 Å². The number of hydrogen-bond acceptors (Lipinski definition) is 6. The molecule has 0 saturated carbocycles. The molecule has 2 amide bonds. The molecule has 1 saturated heterocycles. The summed E-state index contributed by atoms with van der Waals surface area (Å²) in [4.78, 5) is 40.0. The zero-order valence-electron chi connectivity index (χ0n) is 17.9. The first-order valence-electron chi connectivity index (χ1n) is 10.8. The number of amides is 2. The van der Waals surface area contributed by atoms with Crippen molar-refractivity contribution in [1.29, 1.82) is 0 Å². The van der Waals surface area contributed by atoms with Gasteiger partial charge in [0.15, 0.2) is 0 Å². The highest BCUT2D eigenvalue weighted by molar-refractivity contribution is 5.95. The average molecular weight is 443 g/mol. The maximum absolute atomic E-state index is 14.5. The van der Waals surface area contributed by atoms with E-state index in [1.54, 1.807) is 17.9 Å². The standard InChI is InChI=1S/C22H26FN5O4/c1-2-32-22(31)28-10-8-27(9-11-28)21(30)16-12-14(5-6-17(16)23)13-18-19-15(4-3-7-24-19)20(29)26-25-18/h5-6,12,24H,2-4,7-11,13H2,1H3,(H,26,29). The third kappa shape index (κ3) is 4.44. The molecule has 2 aromatic rings. The van der Waals surface area contributed by atoms with Gasteiger partial charge < -0.3 is 19.9 Å². The minimum atomic E-state index is -0.596. The van der Waals surface area contributed by atoms with Crippen molar-refractivity contribution in [3.05, 3.63) is 56.8 Å². The number of fused-ring (bicyclic) bond motifs is 1. The Balaban J connectivity index is 1.50. The van der Waals surface area contributed by atoms with Crippen LogP contribution in [0.5, 0.6) is 0 Å². The fourth-order valence-corrected chi connectivity index (χ4v) is 4.10. The van der Waals surface area contributed by atoms with Crippen LogP contribution in [0, 0.1) is 5.82 Å². The molecule has 0 aliphatic carbocycles. The zero-order chi connectivity index (χ0) is 22.7. The van der Waals surface area contributed by atoms with Crippen LogP contribution in [-0.2, 0) is 17.6 Å². The van der Waals surface area contributed by atoms with Crippen LogP contribution in [0.25, 0.3) is 0 Å². The van der Waals surface area contributed by atoms with Crippen molar-refractivity contribution in [2.24, 2.45) is 0 Å². The predicted octanol–water partition coefficient (Wildman–Crippen LogP) is 1.77. The second-order valence-corrected chi connectivity index (χ2v) is 7.85. The van der Waals surface area contributed by atoms with E-state index in [4.69, 9.17) is 4.74 Å². The van der Waals surface area contributed by atoms with Crippen LogP contribution in [0.15, 0.2) is 23.0 Å². The third-order valence-electron chi connectivity index (χ3n) is 5.79. The monoisotopic (exact) mass is 443 g/mol. The molecule has 170 valence electrons. The van der Waals surface area contributed by atoms with E-state index in [9.17, 15) is 18.8 Å². The largest absolute Gasteiger partial charge is 0.450 e. The van der Waals surface area contributed by atoms with E-state index < -0.39 is 17.8 Å². The molecule has 0 spiro atoms. The summed E-state index contributed by atoms with van der Waals surface area (Å²) in [5, 5.41) is 9.95. The second-order valence-electron chi connectivity index (χ2n) is 7.85. The van der Waals surface area contributed by atoms with Gasteiger partial charge in [0, 0.05) is 44.7 Å². The Morgan fingerprint density at radius 1 is 1.19 bits per heavy atom. The predicted molar refractivity (Wildman–Crippen MR) is 115 cm³/mol. The lowest BCUT2D eigenvalue weighted by Crippen LogP contribution is -2.50. The molecule has 0 atom stereocenters. The second kappa shape index (κ2) is 9.37. The summed E-state index contributed by atoms with van der Waals surface area (Å²) in [6.45, 7) is 4.08. The van der Waals surface area contributed by atoms with Gasteiger partial charge in [-0.3, -0.25) is 9.59 Å². The smallest absolute Gasteiger partial charge is 0.409 e. The number of piperazine rings is 1. The number of anilines is 1. The van der Waals surface area contributed by atoms with Crippen LogP contribution in [0.2, 0.25) is 0 Å². The van der Waals surface area contributed by atoms with Gasteiger partial charge in [-0.1, -0.05) is 6.07 Å². The first-order chi connectivity index (χ1) is 15.5. The van der Waals surface area contributed by atoms with Crippen molar-refractivity contribution >= 4 is 17.7 Å². The number of H-pyrrole nitrogens is 1. The van der Waals surface area contributed by atoms with E-state index in [-0.39, 0.29) is 11.1 Å². The zero-order valence-corrected chi connectivity index (χ0v) is 17.9. The molecule has 2 aliphatic rings. The van der Waals surface area contributed by atoms with Crippen LogP contribution >= 0.6 is 0 Å². The molecule has 0 radical (unpaired) electrons. The SMILES string of the molecule is CCOC(=O)N1CCN(C(=O)c2cc(Cc3n[nH]c(=O)c4c3NCCC4)ccc2F)CC1. The molecular formula is C22H26FN5O4. The first kappa shape index (κ1) is 21.8. The number of carbonyl (C=O) groups is 2. The van der Waals surface area contributed by atoms with Crippen molar-refractivity contribution < 1.29 is 18.7 Å². The molecule has 1 aromatic carbocycles. The first-order valence-corrected chi connectivity index (χ1v) is 10.8. The highest BCUT2D eigenvalue weighted by Crippen LogP contribution is 2.24. The van der Waals surface area contributed by atoms with E-state index >= 15 is 0 Å². The molecule has 32 heavy (non-hydrogen) atoms. The Labute approximate surface area is 184 Å². The summed E-state index contributed by atoms with van der Waals surface area (Å²) in [5.74, 6) is -1.01. The summed E-state index contributed by atoms with van der Waals surface area (Å²) in [6.07, 6.45) is 1.50. The summed E-state index contributed by atoms with van der Waals surface area (Å²) >= 11 is 0. The van der Waals surface area contributed by atoms with Gasteiger partial charge >= 0.3 is 6.09 Å². The molecule has 2 N–H and O–H groups in total. The number of nitrogens with one attached hydrogen (secondary N) is 2. The van der Waals surface area contributed by atoms with Crippen LogP contribution in [-0.4, -0.2) is 71.3 Å². The number of ether oxygens (including phenoxy) is 1. The molecule has 1 fully saturated rings. The quantitative estimate of drug-likeness (QED) is 0.746. The van der Waals surface area contributed by atoms with Crippen molar-refractivity contribution in [3.63, 3.8) is 0 Å². The fraction of sp³-hybridized carbons (Fsp3) is 0.455. The van der Waals surface area contributed by atoms with Crippen molar-refractivity contribution in [3.8, 4) is 0 Å². The lowest BCUT2D eigenvalue weighted by Gasteiger charge is -2.34. The molecule has 0 bridgehead atoms. The average Bonchev–Trinajstić information content (AvgIpc) is 2.82. The van der Waals surface area contributed by atoms with Gasteiger partial charge in [-0.25, -0.2) is 14.3 Å². The third-order valence-corrected chi connectivity index (χ3v) is 5.79. The summed E-state index contributed by atoms with van der Waals surface area (Å²) in [7, 11) is 0. The van der Waals surface area contributed by atoms with Gasteiger partial charge in [0.25, 0.3) is 11.5 Å². The summed E-state index contributed by atoms with van der Waals surface area (Å²) < 4.78 is 19.5. The minimum absolute atomic E-state index is 0.0154. The number of halogens is 1. The van der Waals surface area contributed by atoms with Crippen molar-refractivity contribution in [2.45, 2.75) is 26.2 Å². The Bertz CT molecular complexity index is 1080. The molecule has 10 heteroatoms. The molecule has 4 rings (SSSR count). The number of aromatic amines is 1. The molecule has 2 aliphatic heterocycles. The Kier molecular flexibility index (Phi) is 6.38. The van der Waals surface area contributed by atoms with E-state index in [1.807, 2.05) is 0 Å². The molecule has 1 aromatic heterocycles. The number of aromatic nitrogens is 2. The lowest BCUT2D eigenvalue weighted by atomic mass is 9.99. The van der Waals surface area contributed by atoms with Gasteiger partial charge in [0.1, 0.15) is 5.82 Å². The van der Waals surface area contributed by atoms with E-state index in [2.05, 4.69) is 15.5 Å². The molecule has 3 heterocycles. The number of hydrogen-bond donors (Lipinski definition) is 2. The molecular weight excluding hydrogens is 417 g/mol. The minimum Gasteiger partial charge on any atom is -0.450 e. The van der Waals surface area contributed by atoms with Crippen LogP contribution < -0.4 is 10.9 Å². The Hall–Kier alpha value is -3.43. The normalized spacial score (nSPS) is 15.7. The van der Waals surface area contributed by atoms with Gasteiger partial charge in [-0.15, -0.1) is 0 Å². The van der Waals surface area contributed by atoms with E-state index in [1.165, 1.54) is 17.0 Å². The maximum Gasteiger partial charge on any atom is 0.409 e. The van der Waals surface area contributed by atoms with Gasteiger partial charge in [-0.05, 0) is 37.5 Å². The number of rotatable bonds is 4. The number of benzene rings is 1. The fourth-order valence-electron chi connectivity index (χ4n) is 4.10. The topological polar surface area (TPSA) is 108 Å². The summed E-state index contributed by atoms with van der Waals surface area (Å²) in [6, 6.07) is 4.44. The van der Waals surface area contributed by atoms with Crippen molar-refractivity contribution in [1.82, 2.24) is 20.0 Å². The van der Waals surface area contributed by atoms with Crippen LogP contribution in [0.1, 0.15) is 40.5 Å². The number of nitrogens with zero attached hydrogens (tertiary/aromatic N) is 3. The number of carbonyl (C=O) groups excluding carboxylic acids is 2. The summed E-state index contributed by atoms with van der Waals surface area (Å²) in [5.41, 5.74) is 2.57. The lowest BCUT2D eigenvalue weighted by molar-refractivity contribution is 0.0566. The Morgan fingerprint density at radius 3 is 2.69 bits per heavy atom. The molecule has 9 nitrogen and oxygen atoms in total. The van der Waals surface area contributed by atoms with Crippen molar-refractivity contribution in [2.75, 3.05) is 44.6 Å².